The second-order valence-electron chi connectivity index (χ2n) is 3.13. The summed E-state index contributed by atoms with van der Waals surface area (Å²) < 4.78 is 0. The molecule has 0 aliphatic heterocycles. The van der Waals surface area contributed by atoms with Gasteiger partial charge in [-0.15, -0.1) is 0 Å². The Hall–Kier alpha value is -0.340. The Bertz CT molecular complexity index is 194. The highest BCUT2D eigenvalue weighted by Crippen LogP contribution is 2.11. The fourth-order valence-electron chi connectivity index (χ4n) is 1.22. The summed E-state index contributed by atoms with van der Waals surface area (Å²) >= 11 is 1.69. The van der Waals surface area contributed by atoms with E-state index in [1.807, 2.05) is 0 Å². The molecule has 1 aromatic heterocycles. The minimum absolute atomic E-state index is 0.139. The van der Waals surface area contributed by atoms with E-state index < -0.39 is 0 Å². The molecule has 1 heterocycles. The van der Waals surface area contributed by atoms with Gasteiger partial charge in [-0.2, -0.15) is 11.3 Å². The molecule has 0 aliphatic rings. The Morgan fingerprint density at radius 2 is 2.42 bits per heavy atom. The van der Waals surface area contributed by atoms with Crippen LogP contribution in [-0.4, -0.2) is 11.2 Å². The number of hydrogen-bond acceptors (Lipinski definition) is 2. The van der Waals surface area contributed by atoms with E-state index in [9.17, 15) is 5.11 Å². The fraction of sp³-hybridized carbons (Fsp3) is 0.600. The maximum Gasteiger partial charge on any atom is 0.0580 e. The smallest absolute Gasteiger partial charge is 0.0580 e. The van der Waals surface area contributed by atoms with E-state index in [2.05, 4.69) is 23.8 Å². The average molecular weight is 184 g/mol. The molecule has 0 amide bonds. The Labute approximate surface area is 78.1 Å². The lowest BCUT2D eigenvalue weighted by Gasteiger charge is -2.07. The van der Waals surface area contributed by atoms with Crippen LogP contribution in [-0.2, 0) is 6.42 Å². The van der Waals surface area contributed by atoms with Crippen LogP contribution in [0.25, 0.3) is 0 Å². The highest BCUT2D eigenvalue weighted by Gasteiger charge is 2.04. The zero-order valence-corrected chi connectivity index (χ0v) is 8.31. The Morgan fingerprint density at radius 1 is 1.58 bits per heavy atom. The second kappa shape index (κ2) is 5.33. The van der Waals surface area contributed by atoms with E-state index in [4.69, 9.17) is 0 Å². The van der Waals surface area contributed by atoms with Gasteiger partial charge in [0, 0.05) is 0 Å². The van der Waals surface area contributed by atoms with Gasteiger partial charge in [0.1, 0.15) is 0 Å². The monoisotopic (exact) mass is 184 g/mol. The van der Waals surface area contributed by atoms with Crippen molar-refractivity contribution >= 4 is 11.3 Å². The van der Waals surface area contributed by atoms with Gasteiger partial charge in [-0.3, -0.25) is 0 Å². The summed E-state index contributed by atoms with van der Waals surface area (Å²) in [6, 6.07) is 2.08. The van der Waals surface area contributed by atoms with Crippen LogP contribution in [0.4, 0.5) is 0 Å². The van der Waals surface area contributed by atoms with Gasteiger partial charge >= 0.3 is 0 Å². The summed E-state index contributed by atoms with van der Waals surface area (Å²) in [5, 5.41) is 13.7. The summed E-state index contributed by atoms with van der Waals surface area (Å²) in [6.07, 6.45) is 3.92. The lowest BCUT2D eigenvalue weighted by atomic mass is 10.1. The first kappa shape index (κ1) is 9.75. The van der Waals surface area contributed by atoms with Crippen molar-refractivity contribution in [2.24, 2.45) is 0 Å². The number of thiophene rings is 1. The summed E-state index contributed by atoms with van der Waals surface area (Å²) in [4.78, 5) is 0. The van der Waals surface area contributed by atoms with E-state index in [-0.39, 0.29) is 6.10 Å². The van der Waals surface area contributed by atoms with Crippen molar-refractivity contribution in [3.05, 3.63) is 22.4 Å². The zero-order valence-electron chi connectivity index (χ0n) is 7.49. The molecule has 2 heteroatoms. The van der Waals surface area contributed by atoms with E-state index >= 15 is 0 Å². The summed E-state index contributed by atoms with van der Waals surface area (Å²) in [7, 11) is 0. The van der Waals surface area contributed by atoms with Gasteiger partial charge in [0.15, 0.2) is 0 Å². The summed E-state index contributed by atoms with van der Waals surface area (Å²) in [5.74, 6) is 0. The molecule has 0 saturated heterocycles. The van der Waals surface area contributed by atoms with Crippen molar-refractivity contribution in [1.29, 1.82) is 0 Å². The number of unbranched alkanes of at least 4 members (excludes halogenated alkanes) is 1. The predicted octanol–water partition coefficient (Wildman–Crippen LogP) is 2.84. The zero-order chi connectivity index (χ0) is 8.81. The molecule has 1 rings (SSSR count). The first-order valence-corrected chi connectivity index (χ1v) is 5.46. The Morgan fingerprint density at radius 3 is 3.00 bits per heavy atom. The summed E-state index contributed by atoms with van der Waals surface area (Å²) in [6.45, 7) is 2.15. The van der Waals surface area contributed by atoms with Gasteiger partial charge in [0.2, 0.25) is 0 Å². The highest BCUT2D eigenvalue weighted by molar-refractivity contribution is 7.07. The first-order chi connectivity index (χ1) is 5.83. The SMILES string of the molecule is CCCCC(O)Cc1ccsc1. The minimum atomic E-state index is -0.139. The van der Waals surface area contributed by atoms with Gasteiger partial charge in [-0.05, 0) is 35.2 Å². The molecular weight excluding hydrogens is 168 g/mol. The molecule has 1 nitrogen and oxygen atoms in total. The average Bonchev–Trinajstić information content (AvgIpc) is 2.53. The van der Waals surface area contributed by atoms with Gasteiger partial charge in [0.25, 0.3) is 0 Å². The van der Waals surface area contributed by atoms with Gasteiger partial charge in [-0.25, -0.2) is 0 Å². The van der Waals surface area contributed by atoms with Gasteiger partial charge in [0.05, 0.1) is 6.10 Å². The standard InChI is InChI=1S/C10H16OS/c1-2-3-4-10(11)7-9-5-6-12-8-9/h5-6,8,10-11H,2-4,7H2,1H3. The van der Waals surface area contributed by atoms with Gasteiger partial charge in [-0.1, -0.05) is 19.8 Å². The van der Waals surface area contributed by atoms with Crippen LogP contribution in [0.3, 0.4) is 0 Å². The van der Waals surface area contributed by atoms with Crippen molar-refractivity contribution in [2.75, 3.05) is 0 Å². The van der Waals surface area contributed by atoms with Crippen LogP contribution in [0.2, 0.25) is 0 Å². The van der Waals surface area contributed by atoms with Crippen molar-refractivity contribution in [3.63, 3.8) is 0 Å². The van der Waals surface area contributed by atoms with Crippen molar-refractivity contribution < 1.29 is 5.11 Å². The molecule has 0 saturated carbocycles. The number of rotatable bonds is 5. The molecule has 0 bridgehead atoms. The molecule has 0 radical (unpaired) electrons. The molecule has 1 aromatic rings. The summed E-state index contributed by atoms with van der Waals surface area (Å²) in [5.41, 5.74) is 1.27. The van der Waals surface area contributed by atoms with Crippen LogP contribution in [0, 0.1) is 0 Å². The number of aliphatic hydroxyl groups is 1. The third-order valence-electron chi connectivity index (χ3n) is 1.94. The normalized spacial score (nSPS) is 13.2. The van der Waals surface area contributed by atoms with E-state index in [0.717, 1.165) is 19.3 Å². The minimum Gasteiger partial charge on any atom is -0.393 e. The van der Waals surface area contributed by atoms with E-state index in [1.54, 1.807) is 11.3 Å². The van der Waals surface area contributed by atoms with Crippen molar-refractivity contribution in [3.8, 4) is 0 Å². The van der Waals surface area contributed by atoms with Crippen LogP contribution in [0.5, 0.6) is 0 Å². The molecule has 0 fully saturated rings. The lowest BCUT2D eigenvalue weighted by Crippen LogP contribution is -2.09. The van der Waals surface area contributed by atoms with Crippen LogP contribution in [0.1, 0.15) is 31.7 Å². The number of aliphatic hydroxyl groups excluding tert-OH is 1. The van der Waals surface area contributed by atoms with Crippen LogP contribution >= 0.6 is 11.3 Å². The third kappa shape index (κ3) is 3.37. The van der Waals surface area contributed by atoms with E-state index in [0.29, 0.717) is 0 Å². The largest absolute Gasteiger partial charge is 0.393 e. The Balaban J connectivity index is 2.22. The fourth-order valence-corrected chi connectivity index (χ4v) is 1.90. The van der Waals surface area contributed by atoms with Crippen molar-refractivity contribution in [1.82, 2.24) is 0 Å². The molecule has 1 atom stereocenters. The molecule has 0 aromatic carbocycles. The maximum absolute atomic E-state index is 9.56. The van der Waals surface area contributed by atoms with E-state index in [1.165, 1.54) is 12.0 Å². The molecule has 68 valence electrons. The second-order valence-corrected chi connectivity index (χ2v) is 3.91. The topological polar surface area (TPSA) is 20.2 Å². The molecular formula is C10H16OS. The molecule has 0 spiro atoms. The number of hydrogen-bond donors (Lipinski definition) is 1. The quantitative estimate of drug-likeness (QED) is 0.746. The lowest BCUT2D eigenvalue weighted by molar-refractivity contribution is 0.162. The molecule has 1 unspecified atom stereocenters. The molecule has 0 aliphatic carbocycles. The Kier molecular flexibility index (Phi) is 4.33. The first-order valence-electron chi connectivity index (χ1n) is 4.52. The third-order valence-corrected chi connectivity index (χ3v) is 2.67. The van der Waals surface area contributed by atoms with Crippen molar-refractivity contribution in [2.45, 2.75) is 38.7 Å². The predicted molar refractivity (Wildman–Crippen MR) is 53.6 cm³/mol. The van der Waals surface area contributed by atoms with Gasteiger partial charge < -0.3 is 5.11 Å². The molecule has 1 N–H and O–H groups in total. The molecule has 12 heavy (non-hydrogen) atoms. The maximum atomic E-state index is 9.56. The highest BCUT2D eigenvalue weighted by atomic mass is 32.1. The van der Waals surface area contributed by atoms with Crippen LogP contribution < -0.4 is 0 Å². The van der Waals surface area contributed by atoms with Crippen LogP contribution in [0.15, 0.2) is 16.8 Å².